The highest BCUT2D eigenvalue weighted by molar-refractivity contribution is 5.99. The van der Waals surface area contributed by atoms with E-state index < -0.39 is 4.92 Å². The average Bonchev–Trinajstić information content (AvgIpc) is 2.89. The van der Waals surface area contributed by atoms with Gasteiger partial charge in [-0.2, -0.15) is 5.10 Å². The molecule has 0 aliphatic carbocycles. The Morgan fingerprint density at radius 3 is 2.39 bits per heavy atom. The van der Waals surface area contributed by atoms with Crippen molar-refractivity contribution in [2.75, 3.05) is 13.1 Å². The molecule has 1 aromatic heterocycles. The van der Waals surface area contributed by atoms with Crippen molar-refractivity contribution in [3.8, 4) is 11.3 Å². The second-order valence-electron chi connectivity index (χ2n) is 5.67. The molecule has 1 aromatic carbocycles. The lowest BCUT2D eigenvalue weighted by Gasteiger charge is -2.20. The van der Waals surface area contributed by atoms with E-state index in [1.807, 2.05) is 4.90 Å². The molecule has 0 saturated carbocycles. The van der Waals surface area contributed by atoms with Crippen LogP contribution in [0.5, 0.6) is 0 Å². The summed E-state index contributed by atoms with van der Waals surface area (Å²) in [6.07, 6.45) is 5.89. The van der Waals surface area contributed by atoms with Gasteiger partial charge in [0, 0.05) is 30.8 Å². The quantitative estimate of drug-likeness (QED) is 0.696. The minimum atomic E-state index is -0.444. The van der Waals surface area contributed by atoms with Crippen LogP contribution in [0, 0.1) is 10.1 Å². The summed E-state index contributed by atoms with van der Waals surface area (Å²) in [7, 11) is 0. The van der Waals surface area contributed by atoms with Crippen molar-refractivity contribution >= 4 is 11.6 Å². The summed E-state index contributed by atoms with van der Waals surface area (Å²) >= 11 is 0. The van der Waals surface area contributed by atoms with E-state index in [1.54, 1.807) is 12.1 Å². The molecule has 0 bridgehead atoms. The molecule has 1 saturated heterocycles. The van der Waals surface area contributed by atoms with Crippen LogP contribution in [-0.4, -0.2) is 39.0 Å². The SMILES string of the molecule is O=C(c1cn[nH]c1-c1ccc([N+](=O)[O-])cc1)N1CCCCCC1. The predicted octanol–water partition coefficient (Wildman–Crippen LogP) is 3.00. The van der Waals surface area contributed by atoms with E-state index in [-0.39, 0.29) is 11.6 Å². The molecule has 7 heteroatoms. The first-order valence-corrected chi connectivity index (χ1v) is 7.74. The lowest BCUT2D eigenvalue weighted by atomic mass is 10.1. The van der Waals surface area contributed by atoms with E-state index in [4.69, 9.17) is 0 Å². The molecule has 120 valence electrons. The van der Waals surface area contributed by atoms with Crippen LogP contribution in [0.15, 0.2) is 30.5 Å². The number of nitrogens with one attached hydrogen (secondary N) is 1. The zero-order valence-corrected chi connectivity index (χ0v) is 12.7. The molecule has 7 nitrogen and oxygen atoms in total. The smallest absolute Gasteiger partial charge is 0.269 e. The Kier molecular flexibility index (Phi) is 4.36. The number of hydrogen-bond acceptors (Lipinski definition) is 4. The van der Waals surface area contributed by atoms with Crippen molar-refractivity contribution < 1.29 is 9.72 Å². The van der Waals surface area contributed by atoms with Gasteiger partial charge in [-0.25, -0.2) is 0 Å². The zero-order valence-electron chi connectivity index (χ0n) is 12.7. The minimum Gasteiger partial charge on any atom is -0.339 e. The highest BCUT2D eigenvalue weighted by Crippen LogP contribution is 2.25. The number of non-ortho nitro benzene ring substituents is 1. The number of H-pyrrole nitrogens is 1. The third kappa shape index (κ3) is 3.23. The number of benzene rings is 1. The third-order valence-corrected chi connectivity index (χ3v) is 4.13. The molecule has 0 atom stereocenters. The molecular weight excluding hydrogens is 296 g/mol. The molecule has 1 aliphatic heterocycles. The maximum Gasteiger partial charge on any atom is 0.269 e. The minimum absolute atomic E-state index is 0.0219. The number of amides is 1. The molecule has 1 amide bonds. The monoisotopic (exact) mass is 314 g/mol. The van der Waals surface area contributed by atoms with Crippen LogP contribution < -0.4 is 0 Å². The van der Waals surface area contributed by atoms with E-state index in [0.29, 0.717) is 16.8 Å². The summed E-state index contributed by atoms with van der Waals surface area (Å²) in [6, 6.07) is 6.11. The van der Waals surface area contributed by atoms with E-state index in [9.17, 15) is 14.9 Å². The molecular formula is C16H18N4O3. The van der Waals surface area contributed by atoms with Crippen molar-refractivity contribution in [2.45, 2.75) is 25.7 Å². The zero-order chi connectivity index (χ0) is 16.2. The van der Waals surface area contributed by atoms with Gasteiger partial charge in [-0.15, -0.1) is 0 Å². The van der Waals surface area contributed by atoms with Gasteiger partial charge >= 0.3 is 0 Å². The van der Waals surface area contributed by atoms with Gasteiger partial charge in [0.25, 0.3) is 11.6 Å². The van der Waals surface area contributed by atoms with E-state index in [1.165, 1.54) is 18.3 Å². The first-order chi connectivity index (χ1) is 11.2. The Balaban J connectivity index is 1.86. The normalized spacial score (nSPS) is 15.2. The highest BCUT2D eigenvalue weighted by Gasteiger charge is 2.22. The van der Waals surface area contributed by atoms with Gasteiger partial charge in [0.05, 0.1) is 22.4 Å². The average molecular weight is 314 g/mol. The van der Waals surface area contributed by atoms with Gasteiger partial charge in [0.1, 0.15) is 0 Å². The number of likely N-dealkylation sites (tertiary alicyclic amines) is 1. The molecule has 23 heavy (non-hydrogen) atoms. The van der Waals surface area contributed by atoms with Crippen LogP contribution in [-0.2, 0) is 0 Å². The summed E-state index contributed by atoms with van der Waals surface area (Å²) in [5.74, 6) is -0.0333. The van der Waals surface area contributed by atoms with Crippen LogP contribution in [0.3, 0.4) is 0 Å². The molecule has 1 aliphatic rings. The van der Waals surface area contributed by atoms with E-state index in [0.717, 1.165) is 38.8 Å². The molecule has 2 aromatic rings. The third-order valence-electron chi connectivity index (χ3n) is 4.13. The van der Waals surface area contributed by atoms with Gasteiger partial charge in [-0.1, -0.05) is 12.8 Å². The largest absolute Gasteiger partial charge is 0.339 e. The van der Waals surface area contributed by atoms with Crippen molar-refractivity contribution in [2.24, 2.45) is 0 Å². The van der Waals surface area contributed by atoms with Gasteiger partial charge in [0.2, 0.25) is 0 Å². The fourth-order valence-electron chi connectivity index (χ4n) is 2.86. The Morgan fingerprint density at radius 1 is 1.13 bits per heavy atom. The van der Waals surface area contributed by atoms with Gasteiger partial charge in [-0.3, -0.25) is 20.0 Å². The molecule has 0 spiro atoms. The Bertz CT molecular complexity index is 700. The summed E-state index contributed by atoms with van der Waals surface area (Å²) in [4.78, 5) is 24.9. The molecule has 1 fully saturated rings. The number of aromatic nitrogens is 2. The van der Waals surface area contributed by atoms with E-state index in [2.05, 4.69) is 10.2 Å². The summed E-state index contributed by atoms with van der Waals surface area (Å²) in [6.45, 7) is 1.54. The van der Waals surface area contributed by atoms with Crippen LogP contribution in [0.1, 0.15) is 36.0 Å². The standard InChI is InChI=1S/C16H18N4O3/c21-16(19-9-3-1-2-4-10-19)14-11-17-18-15(14)12-5-7-13(8-6-12)20(22)23/h5-8,11H,1-4,9-10H2,(H,17,18). The number of aromatic amines is 1. The number of carbonyl (C=O) groups excluding carboxylic acids is 1. The number of nitrogens with zero attached hydrogens (tertiary/aromatic N) is 3. The van der Waals surface area contributed by atoms with Crippen LogP contribution >= 0.6 is 0 Å². The van der Waals surface area contributed by atoms with Crippen LogP contribution in [0.25, 0.3) is 11.3 Å². The van der Waals surface area contributed by atoms with Crippen molar-refractivity contribution in [1.82, 2.24) is 15.1 Å². The molecule has 2 heterocycles. The lowest BCUT2D eigenvalue weighted by molar-refractivity contribution is -0.384. The Morgan fingerprint density at radius 2 is 1.78 bits per heavy atom. The second-order valence-corrected chi connectivity index (χ2v) is 5.67. The summed E-state index contributed by atoms with van der Waals surface area (Å²) in [5, 5.41) is 17.6. The predicted molar refractivity (Wildman–Crippen MR) is 85.0 cm³/mol. The topological polar surface area (TPSA) is 92.1 Å². The molecule has 1 N–H and O–H groups in total. The van der Waals surface area contributed by atoms with Gasteiger partial charge < -0.3 is 4.90 Å². The maximum atomic E-state index is 12.7. The highest BCUT2D eigenvalue weighted by atomic mass is 16.6. The number of carbonyl (C=O) groups is 1. The van der Waals surface area contributed by atoms with Crippen molar-refractivity contribution in [1.29, 1.82) is 0 Å². The summed E-state index contributed by atoms with van der Waals surface area (Å²) in [5.41, 5.74) is 1.86. The molecule has 0 radical (unpaired) electrons. The van der Waals surface area contributed by atoms with Crippen molar-refractivity contribution in [3.05, 3.63) is 46.1 Å². The van der Waals surface area contributed by atoms with Crippen molar-refractivity contribution in [3.63, 3.8) is 0 Å². The fraction of sp³-hybridized carbons (Fsp3) is 0.375. The summed E-state index contributed by atoms with van der Waals surface area (Å²) < 4.78 is 0. The number of rotatable bonds is 3. The molecule has 0 unspecified atom stereocenters. The maximum absolute atomic E-state index is 12.7. The molecule has 3 rings (SSSR count). The number of nitro benzene ring substituents is 1. The van der Waals surface area contributed by atoms with Gasteiger partial charge in [0.15, 0.2) is 0 Å². The first kappa shape index (κ1) is 15.2. The second kappa shape index (κ2) is 6.60. The lowest BCUT2D eigenvalue weighted by Crippen LogP contribution is -2.31. The van der Waals surface area contributed by atoms with Crippen LogP contribution in [0.4, 0.5) is 5.69 Å². The number of hydrogen-bond donors (Lipinski definition) is 1. The van der Waals surface area contributed by atoms with Crippen LogP contribution in [0.2, 0.25) is 0 Å². The fourth-order valence-corrected chi connectivity index (χ4v) is 2.86. The van der Waals surface area contributed by atoms with E-state index >= 15 is 0 Å². The first-order valence-electron chi connectivity index (χ1n) is 7.74. The van der Waals surface area contributed by atoms with Gasteiger partial charge in [-0.05, 0) is 25.0 Å². The Hall–Kier alpha value is -2.70. The number of nitro groups is 1. The Labute approximate surface area is 133 Å².